The molecule has 0 fully saturated rings. The monoisotopic (exact) mass is 199 g/mol. The quantitative estimate of drug-likeness (QED) is 0.731. The van der Waals surface area contributed by atoms with E-state index in [2.05, 4.69) is 10.3 Å². The zero-order chi connectivity index (χ0) is 9.84. The molecular weight excluding hydrogens is 186 g/mol. The number of anilines is 1. The van der Waals surface area contributed by atoms with Crippen LogP contribution >= 0.6 is 11.6 Å². The maximum absolute atomic E-state index is 5.86. The topological polar surface area (TPSA) is 50.9 Å². The van der Waals surface area contributed by atoms with Crippen LogP contribution in [0.4, 0.5) is 5.69 Å². The fraction of sp³-hybridized carbons (Fsp3) is 0.444. The molecule has 0 spiro atoms. The number of halogens is 1. The van der Waals surface area contributed by atoms with Gasteiger partial charge in [-0.15, -0.1) is 0 Å². The van der Waals surface area contributed by atoms with E-state index in [1.165, 1.54) is 0 Å². The number of rotatable bonds is 3. The fourth-order valence-electron chi connectivity index (χ4n) is 0.870. The van der Waals surface area contributed by atoms with Gasteiger partial charge >= 0.3 is 0 Å². The van der Waals surface area contributed by atoms with E-state index >= 15 is 0 Å². The normalized spacial score (nSPS) is 15.1. The Morgan fingerprint density at radius 1 is 1.54 bits per heavy atom. The number of hydrogen-bond acceptors (Lipinski definition) is 3. The van der Waals surface area contributed by atoms with Gasteiger partial charge in [0.05, 0.1) is 5.69 Å². The third-order valence-electron chi connectivity index (χ3n) is 1.93. The molecule has 0 radical (unpaired) electrons. The summed E-state index contributed by atoms with van der Waals surface area (Å²) in [6, 6.07) is 3.98. The number of aromatic nitrogens is 1. The van der Waals surface area contributed by atoms with Gasteiger partial charge in [0, 0.05) is 18.3 Å². The standard InChI is InChI=1S/C9H14ClN3/c1-6(11)7(2)13-8-4-3-5-12-9(8)10/h3-7,13H,11H2,1-2H3. The zero-order valence-corrected chi connectivity index (χ0v) is 8.55. The van der Waals surface area contributed by atoms with Gasteiger partial charge < -0.3 is 11.1 Å². The lowest BCUT2D eigenvalue weighted by Crippen LogP contribution is -2.35. The molecule has 0 aliphatic rings. The number of nitrogens with zero attached hydrogens (tertiary/aromatic N) is 1. The SMILES string of the molecule is CC(N)C(C)Nc1cccnc1Cl. The second kappa shape index (κ2) is 4.44. The Bertz CT molecular complexity index is 275. The van der Waals surface area contributed by atoms with Gasteiger partial charge in [0.15, 0.2) is 5.15 Å². The first-order valence-electron chi connectivity index (χ1n) is 4.24. The first kappa shape index (κ1) is 10.3. The van der Waals surface area contributed by atoms with Crippen LogP contribution in [0.2, 0.25) is 5.15 Å². The zero-order valence-electron chi connectivity index (χ0n) is 7.79. The summed E-state index contributed by atoms with van der Waals surface area (Å²) in [7, 11) is 0. The van der Waals surface area contributed by atoms with Crippen molar-refractivity contribution in [2.75, 3.05) is 5.32 Å². The molecule has 13 heavy (non-hydrogen) atoms. The van der Waals surface area contributed by atoms with E-state index in [0.29, 0.717) is 5.15 Å². The lowest BCUT2D eigenvalue weighted by atomic mass is 10.2. The molecule has 0 aliphatic carbocycles. The van der Waals surface area contributed by atoms with Gasteiger partial charge in [-0.05, 0) is 26.0 Å². The molecule has 0 aromatic carbocycles. The van der Waals surface area contributed by atoms with Gasteiger partial charge in [-0.3, -0.25) is 0 Å². The summed E-state index contributed by atoms with van der Waals surface area (Å²) in [5.74, 6) is 0. The Hall–Kier alpha value is -0.800. The van der Waals surface area contributed by atoms with Crippen LogP contribution in [0, 0.1) is 0 Å². The van der Waals surface area contributed by atoms with Crippen molar-refractivity contribution in [2.45, 2.75) is 25.9 Å². The van der Waals surface area contributed by atoms with E-state index in [0.717, 1.165) is 5.69 Å². The molecule has 3 N–H and O–H groups in total. The Balaban J connectivity index is 2.69. The van der Waals surface area contributed by atoms with Gasteiger partial charge in [-0.2, -0.15) is 0 Å². The van der Waals surface area contributed by atoms with E-state index in [1.54, 1.807) is 6.20 Å². The predicted molar refractivity (Wildman–Crippen MR) is 56.0 cm³/mol. The molecule has 1 aromatic rings. The highest BCUT2D eigenvalue weighted by Crippen LogP contribution is 2.18. The number of nitrogens with one attached hydrogen (secondary N) is 1. The second-order valence-corrected chi connectivity index (χ2v) is 3.49. The van der Waals surface area contributed by atoms with Crippen LogP contribution in [-0.4, -0.2) is 17.1 Å². The van der Waals surface area contributed by atoms with Crippen molar-refractivity contribution in [1.82, 2.24) is 4.98 Å². The molecule has 0 saturated carbocycles. The highest BCUT2D eigenvalue weighted by molar-refractivity contribution is 6.31. The molecule has 3 nitrogen and oxygen atoms in total. The molecule has 2 atom stereocenters. The maximum Gasteiger partial charge on any atom is 0.152 e. The van der Waals surface area contributed by atoms with Gasteiger partial charge in [0.25, 0.3) is 0 Å². The van der Waals surface area contributed by atoms with Crippen LogP contribution in [0.3, 0.4) is 0 Å². The van der Waals surface area contributed by atoms with Crippen molar-refractivity contribution >= 4 is 17.3 Å². The molecule has 72 valence electrons. The third-order valence-corrected chi connectivity index (χ3v) is 2.23. The molecule has 0 amide bonds. The minimum absolute atomic E-state index is 0.0799. The van der Waals surface area contributed by atoms with E-state index in [4.69, 9.17) is 17.3 Å². The fourth-order valence-corrected chi connectivity index (χ4v) is 1.04. The van der Waals surface area contributed by atoms with Gasteiger partial charge in [-0.1, -0.05) is 11.6 Å². The molecule has 1 aromatic heterocycles. The molecule has 4 heteroatoms. The Labute approximate surface area is 83.3 Å². The summed E-state index contributed by atoms with van der Waals surface area (Å²) in [6.45, 7) is 3.95. The number of hydrogen-bond donors (Lipinski definition) is 2. The molecular formula is C9H14ClN3. The molecule has 1 heterocycles. The third kappa shape index (κ3) is 2.86. The Morgan fingerprint density at radius 3 is 2.77 bits per heavy atom. The van der Waals surface area contributed by atoms with E-state index in [1.807, 2.05) is 26.0 Å². The van der Waals surface area contributed by atoms with Gasteiger partial charge in [0.1, 0.15) is 0 Å². The van der Waals surface area contributed by atoms with Crippen molar-refractivity contribution in [3.8, 4) is 0 Å². The second-order valence-electron chi connectivity index (χ2n) is 3.13. The summed E-state index contributed by atoms with van der Waals surface area (Å²) in [6.07, 6.45) is 1.66. The minimum Gasteiger partial charge on any atom is -0.379 e. The van der Waals surface area contributed by atoms with Crippen molar-refractivity contribution in [3.63, 3.8) is 0 Å². The summed E-state index contributed by atoms with van der Waals surface area (Å²) in [4.78, 5) is 3.95. The summed E-state index contributed by atoms with van der Waals surface area (Å²) in [5, 5.41) is 3.67. The highest BCUT2D eigenvalue weighted by atomic mass is 35.5. The van der Waals surface area contributed by atoms with Crippen LogP contribution in [0.25, 0.3) is 0 Å². The van der Waals surface area contributed by atoms with Crippen LogP contribution in [0.1, 0.15) is 13.8 Å². The summed E-state index contributed by atoms with van der Waals surface area (Å²) < 4.78 is 0. The Morgan fingerprint density at radius 2 is 2.23 bits per heavy atom. The number of nitrogens with two attached hydrogens (primary N) is 1. The van der Waals surface area contributed by atoms with E-state index < -0.39 is 0 Å². The molecule has 0 aliphatic heterocycles. The van der Waals surface area contributed by atoms with Crippen LogP contribution in [0.5, 0.6) is 0 Å². The van der Waals surface area contributed by atoms with E-state index in [-0.39, 0.29) is 12.1 Å². The lowest BCUT2D eigenvalue weighted by Gasteiger charge is -2.18. The largest absolute Gasteiger partial charge is 0.379 e. The molecule has 1 rings (SSSR count). The number of pyridine rings is 1. The van der Waals surface area contributed by atoms with Crippen LogP contribution in [-0.2, 0) is 0 Å². The highest BCUT2D eigenvalue weighted by Gasteiger charge is 2.08. The lowest BCUT2D eigenvalue weighted by molar-refractivity contribution is 0.638. The summed E-state index contributed by atoms with van der Waals surface area (Å²) in [5.41, 5.74) is 6.54. The predicted octanol–water partition coefficient (Wildman–Crippen LogP) is 1.88. The first-order chi connectivity index (χ1) is 6.11. The Kier molecular flexibility index (Phi) is 3.51. The van der Waals surface area contributed by atoms with E-state index in [9.17, 15) is 0 Å². The van der Waals surface area contributed by atoms with Gasteiger partial charge in [-0.25, -0.2) is 4.98 Å². The maximum atomic E-state index is 5.86. The van der Waals surface area contributed by atoms with Crippen molar-refractivity contribution in [1.29, 1.82) is 0 Å². The summed E-state index contributed by atoms with van der Waals surface area (Å²) >= 11 is 5.86. The molecule has 2 unspecified atom stereocenters. The van der Waals surface area contributed by atoms with Crippen LogP contribution < -0.4 is 11.1 Å². The molecule has 0 saturated heterocycles. The van der Waals surface area contributed by atoms with Crippen molar-refractivity contribution in [2.24, 2.45) is 5.73 Å². The van der Waals surface area contributed by atoms with Crippen molar-refractivity contribution < 1.29 is 0 Å². The first-order valence-corrected chi connectivity index (χ1v) is 4.61. The minimum atomic E-state index is 0.0799. The van der Waals surface area contributed by atoms with Gasteiger partial charge in [0.2, 0.25) is 0 Å². The smallest absolute Gasteiger partial charge is 0.152 e. The molecule has 0 bridgehead atoms. The van der Waals surface area contributed by atoms with Crippen LogP contribution in [0.15, 0.2) is 18.3 Å². The average Bonchev–Trinajstić information content (AvgIpc) is 2.08. The average molecular weight is 200 g/mol. The van der Waals surface area contributed by atoms with Crippen molar-refractivity contribution in [3.05, 3.63) is 23.5 Å².